The standard InChI is InChI=1S/C28H30BrNO6S/c1-5-8-21-13-20(14-23(34-7-3)26(21)35-17-19-9-11-22(29)12-10-19)15-24-27(32)30(28(33)37-24)16-25(31)36-18(4)6-2/h5,9-15,18H,1,6-8,16-17H2,2-4H3/b24-15-/t18-/m0/s1. The third-order valence-corrected chi connectivity index (χ3v) is 6.92. The van der Waals surface area contributed by atoms with Crippen molar-refractivity contribution in [2.24, 2.45) is 0 Å². The molecule has 0 N–H and O–H groups in total. The first-order chi connectivity index (χ1) is 17.7. The van der Waals surface area contributed by atoms with Gasteiger partial charge in [-0.05, 0) is 79.9 Å². The minimum Gasteiger partial charge on any atom is -0.490 e. The largest absolute Gasteiger partial charge is 0.490 e. The molecule has 2 aromatic rings. The summed E-state index contributed by atoms with van der Waals surface area (Å²) in [6.07, 6.45) is 4.26. The highest BCUT2D eigenvalue weighted by Gasteiger charge is 2.37. The van der Waals surface area contributed by atoms with Gasteiger partial charge in [-0.2, -0.15) is 0 Å². The number of benzene rings is 2. The Labute approximate surface area is 230 Å². The summed E-state index contributed by atoms with van der Waals surface area (Å²) in [7, 11) is 0. The molecular weight excluding hydrogens is 558 g/mol. The second kappa shape index (κ2) is 13.5. The number of carbonyl (C=O) groups excluding carboxylic acids is 3. The first kappa shape index (κ1) is 28.5. The molecule has 9 heteroatoms. The van der Waals surface area contributed by atoms with Gasteiger partial charge in [0.1, 0.15) is 13.2 Å². The summed E-state index contributed by atoms with van der Waals surface area (Å²) in [5.41, 5.74) is 2.50. The maximum Gasteiger partial charge on any atom is 0.326 e. The number of amides is 2. The summed E-state index contributed by atoms with van der Waals surface area (Å²) < 4.78 is 18.2. The smallest absolute Gasteiger partial charge is 0.326 e. The van der Waals surface area contributed by atoms with E-state index in [2.05, 4.69) is 22.5 Å². The van der Waals surface area contributed by atoms with E-state index in [-0.39, 0.29) is 11.0 Å². The highest BCUT2D eigenvalue weighted by atomic mass is 79.9. The molecule has 0 saturated carbocycles. The number of imide groups is 1. The molecule has 2 aromatic carbocycles. The summed E-state index contributed by atoms with van der Waals surface area (Å²) >= 11 is 4.22. The minimum atomic E-state index is -0.614. The molecule has 3 rings (SSSR count). The molecule has 0 bridgehead atoms. The number of hydrogen-bond donors (Lipinski definition) is 0. The first-order valence-corrected chi connectivity index (χ1v) is 13.6. The molecule has 0 aliphatic carbocycles. The first-order valence-electron chi connectivity index (χ1n) is 12.0. The van der Waals surface area contributed by atoms with Gasteiger partial charge < -0.3 is 14.2 Å². The average molecular weight is 589 g/mol. The van der Waals surface area contributed by atoms with Gasteiger partial charge in [-0.25, -0.2) is 0 Å². The molecule has 0 unspecified atom stereocenters. The monoisotopic (exact) mass is 587 g/mol. The normalized spacial score (nSPS) is 15.1. The van der Waals surface area contributed by atoms with E-state index in [0.29, 0.717) is 43.1 Å². The second-order valence-corrected chi connectivity index (χ2v) is 10.2. The van der Waals surface area contributed by atoms with Crippen LogP contribution in [0.1, 0.15) is 43.9 Å². The molecule has 1 atom stereocenters. The number of rotatable bonds is 12. The van der Waals surface area contributed by atoms with Crippen LogP contribution < -0.4 is 9.47 Å². The molecule has 0 radical (unpaired) electrons. The number of ether oxygens (including phenoxy) is 3. The van der Waals surface area contributed by atoms with Crippen molar-refractivity contribution in [3.8, 4) is 11.5 Å². The van der Waals surface area contributed by atoms with E-state index < -0.39 is 23.7 Å². The van der Waals surface area contributed by atoms with Crippen molar-refractivity contribution in [1.29, 1.82) is 0 Å². The number of thioether (sulfide) groups is 1. The van der Waals surface area contributed by atoms with Gasteiger partial charge in [-0.15, -0.1) is 6.58 Å². The lowest BCUT2D eigenvalue weighted by molar-refractivity contribution is -0.150. The Balaban J connectivity index is 1.86. The summed E-state index contributed by atoms with van der Waals surface area (Å²) in [4.78, 5) is 38.6. The molecule has 0 aromatic heterocycles. The molecular formula is C28H30BrNO6S. The highest BCUT2D eigenvalue weighted by Crippen LogP contribution is 2.38. The zero-order valence-electron chi connectivity index (χ0n) is 21.1. The van der Waals surface area contributed by atoms with E-state index in [1.807, 2.05) is 44.2 Å². The predicted octanol–water partition coefficient (Wildman–Crippen LogP) is 6.53. The van der Waals surface area contributed by atoms with Crippen LogP contribution in [0.2, 0.25) is 0 Å². The van der Waals surface area contributed by atoms with Gasteiger partial charge in [-0.1, -0.05) is 41.1 Å². The van der Waals surface area contributed by atoms with Crippen LogP contribution in [0.5, 0.6) is 11.5 Å². The number of carbonyl (C=O) groups is 3. The molecule has 7 nitrogen and oxygen atoms in total. The summed E-state index contributed by atoms with van der Waals surface area (Å²) in [5, 5.41) is -0.511. The fourth-order valence-corrected chi connectivity index (χ4v) is 4.60. The van der Waals surface area contributed by atoms with Crippen LogP contribution in [-0.2, 0) is 27.4 Å². The predicted molar refractivity (Wildman–Crippen MR) is 149 cm³/mol. The lowest BCUT2D eigenvalue weighted by Crippen LogP contribution is -2.35. The molecule has 196 valence electrons. The van der Waals surface area contributed by atoms with Gasteiger partial charge in [0.2, 0.25) is 0 Å². The van der Waals surface area contributed by atoms with Gasteiger partial charge in [0.15, 0.2) is 11.5 Å². The van der Waals surface area contributed by atoms with Crippen LogP contribution in [0.4, 0.5) is 4.79 Å². The van der Waals surface area contributed by atoms with Crippen LogP contribution in [-0.4, -0.2) is 41.3 Å². The van der Waals surface area contributed by atoms with E-state index in [9.17, 15) is 14.4 Å². The lowest BCUT2D eigenvalue weighted by atomic mass is 10.0. The lowest BCUT2D eigenvalue weighted by Gasteiger charge is -2.17. The zero-order chi connectivity index (χ0) is 26.9. The fourth-order valence-electron chi connectivity index (χ4n) is 3.50. The van der Waals surface area contributed by atoms with Crippen molar-refractivity contribution < 1.29 is 28.6 Å². The average Bonchev–Trinajstić information content (AvgIpc) is 3.12. The molecule has 0 spiro atoms. The van der Waals surface area contributed by atoms with Crippen molar-refractivity contribution >= 4 is 50.9 Å². The van der Waals surface area contributed by atoms with Crippen molar-refractivity contribution in [3.05, 3.63) is 75.1 Å². The van der Waals surface area contributed by atoms with E-state index in [0.717, 1.165) is 32.3 Å². The minimum absolute atomic E-state index is 0.219. The Morgan fingerprint density at radius 3 is 2.54 bits per heavy atom. The SMILES string of the molecule is C=CCc1cc(/C=C2\SC(=O)N(CC(=O)O[C@@H](C)CC)C2=O)cc(OCC)c1OCc1ccc(Br)cc1. The third-order valence-electron chi connectivity index (χ3n) is 5.48. The summed E-state index contributed by atoms with van der Waals surface area (Å²) in [6.45, 7) is 9.72. The van der Waals surface area contributed by atoms with Crippen molar-refractivity contribution in [3.63, 3.8) is 0 Å². The van der Waals surface area contributed by atoms with Gasteiger partial charge in [-0.3, -0.25) is 19.3 Å². The van der Waals surface area contributed by atoms with E-state index in [1.54, 1.807) is 25.1 Å². The van der Waals surface area contributed by atoms with Crippen molar-refractivity contribution in [2.75, 3.05) is 13.2 Å². The molecule has 1 saturated heterocycles. The van der Waals surface area contributed by atoms with Gasteiger partial charge in [0.05, 0.1) is 17.6 Å². The third kappa shape index (κ3) is 7.72. The Hall–Kier alpha value is -3.04. The molecule has 1 fully saturated rings. The van der Waals surface area contributed by atoms with Crippen LogP contribution in [0.25, 0.3) is 6.08 Å². The second-order valence-electron chi connectivity index (χ2n) is 8.32. The molecule has 2 amide bonds. The van der Waals surface area contributed by atoms with Crippen molar-refractivity contribution in [1.82, 2.24) is 4.90 Å². The topological polar surface area (TPSA) is 82.1 Å². The van der Waals surface area contributed by atoms with E-state index in [4.69, 9.17) is 14.2 Å². The maximum absolute atomic E-state index is 12.9. The maximum atomic E-state index is 12.9. The summed E-state index contributed by atoms with van der Waals surface area (Å²) in [6, 6.07) is 11.5. The fraction of sp³-hybridized carbons (Fsp3) is 0.321. The van der Waals surface area contributed by atoms with Crippen LogP contribution in [0, 0.1) is 0 Å². The Morgan fingerprint density at radius 1 is 1.16 bits per heavy atom. The van der Waals surface area contributed by atoms with E-state index >= 15 is 0 Å². The number of allylic oxidation sites excluding steroid dienone is 1. The molecule has 1 heterocycles. The van der Waals surface area contributed by atoms with E-state index in [1.165, 1.54) is 0 Å². The van der Waals surface area contributed by atoms with Crippen molar-refractivity contribution in [2.45, 2.75) is 46.3 Å². The molecule has 1 aliphatic rings. The number of hydrogen-bond acceptors (Lipinski definition) is 7. The Bertz CT molecular complexity index is 1190. The molecule has 37 heavy (non-hydrogen) atoms. The van der Waals surface area contributed by atoms with Crippen LogP contribution in [0.15, 0.2) is 58.4 Å². The van der Waals surface area contributed by atoms with Gasteiger partial charge >= 0.3 is 5.97 Å². The highest BCUT2D eigenvalue weighted by molar-refractivity contribution is 9.10. The number of halogens is 1. The summed E-state index contributed by atoms with van der Waals surface area (Å²) in [5.74, 6) is -0.0174. The quantitative estimate of drug-likeness (QED) is 0.158. The zero-order valence-corrected chi connectivity index (χ0v) is 23.5. The Morgan fingerprint density at radius 2 is 1.89 bits per heavy atom. The van der Waals surface area contributed by atoms with Gasteiger partial charge in [0.25, 0.3) is 11.1 Å². The number of esters is 1. The Kier molecular flexibility index (Phi) is 10.4. The van der Waals surface area contributed by atoms with Crippen LogP contribution >= 0.6 is 27.7 Å². The molecule has 1 aliphatic heterocycles. The van der Waals surface area contributed by atoms with Gasteiger partial charge in [0, 0.05) is 10.0 Å². The van der Waals surface area contributed by atoms with Crippen LogP contribution in [0.3, 0.4) is 0 Å². The number of nitrogens with zero attached hydrogens (tertiary/aromatic N) is 1.